The summed E-state index contributed by atoms with van der Waals surface area (Å²) in [7, 11) is 1.29. The number of hydrogen-bond acceptors (Lipinski definition) is 5. The van der Waals surface area contributed by atoms with Gasteiger partial charge in [0, 0.05) is 6.20 Å². The highest BCUT2D eigenvalue weighted by atomic mass is 32.1. The van der Waals surface area contributed by atoms with Gasteiger partial charge >= 0.3 is 5.97 Å². The number of esters is 1. The molecular formula is C9H8N2O3S. The van der Waals surface area contributed by atoms with E-state index in [0.29, 0.717) is 10.2 Å². The van der Waals surface area contributed by atoms with Crippen LogP contribution in [0.1, 0.15) is 0 Å². The molecule has 2 aromatic rings. The SMILES string of the molecule is COC(=O)Cn1sc2ncccc2c1=O. The molecule has 0 aliphatic heterocycles. The van der Waals surface area contributed by atoms with E-state index in [2.05, 4.69) is 9.72 Å². The number of nitrogens with zero attached hydrogens (tertiary/aromatic N) is 2. The van der Waals surface area contributed by atoms with E-state index in [9.17, 15) is 9.59 Å². The minimum atomic E-state index is -0.441. The van der Waals surface area contributed by atoms with E-state index in [-0.39, 0.29) is 12.1 Å². The summed E-state index contributed by atoms with van der Waals surface area (Å²) in [6.45, 7) is -0.0592. The highest BCUT2D eigenvalue weighted by Gasteiger charge is 2.10. The summed E-state index contributed by atoms with van der Waals surface area (Å²) in [5.74, 6) is -0.441. The monoisotopic (exact) mass is 224 g/mol. The Morgan fingerprint density at radius 1 is 1.67 bits per heavy atom. The minimum Gasteiger partial charge on any atom is -0.468 e. The molecule has 0 aromatic carbocycles. The van der Waals surface area contributed by atoms with Crippen molar-refractivity contribution in [2.24, 2.45) is 0 Å². The van der Waals surface area contributed by atoms with Gasteiger partial charge in [0.15, 0.2) is 0 Å². The van der Waals surface area contributed by atoms with Gasteiger partial charge in [0.05, 0.1) is 12.5 Å². The van der Waals surface area contributed by atoms with Crippen LogP contribution in [0.25, 0.3) is 10.2 Å². The molecule has 0 saturated heterocycles. The van der Waals surface area contributed by atoms with Crippen molar-refractivity contribution < 1.29 is 9.53 Å². The summed E-state index contributed by atoms with van der Waals surface area (Å²) < 4.78 is 5.83. The van der Waals surface area contributed by atoms with Crippen LogP contribution in [0.15, 0.2) is 23.1 Å². The van der Waals surface area contributed by atoms with E-state index in [1.54, 1.807) is 18.3 Å². The Bertz CT molecular complexity index is 558. The zero-order chi connectivity index (χ0) is 10.8. The number of pyridine rings is 1. The molecule has 0 unspecified atom stereocenters. The predicted octanol–water partition coefficient (Wildman–Crippen LogP) is 0.631. The van der Waals surface area contributed by atoms with Gasteiger partial charge < -0.3 is 4.74 Å². The van der Waals surface area contributed by atoms with Crippen LogP contribution in [0.3, 0.4) is 0 Å². The molecule has 15 heavy (non-hydrogen) atoms. The summed E-state index contributed by atoms with van der Waals surface area (Å²) in [6, 6.07) is 3.38. The number of carbonyl (C=O) groups excluding carboxylic acids is 1. The van der Waals surface area contributed by atoms with E-state index in [0.717, 1.165) is 11.5 Å². The maximum atomic E-state index is 11.7. The lowest BCUT2D eigenvalue weighted by molar-refractivity contribution is -0.141. The normalized spacial score (nSPS) is 10.5. The summed E-state index contributed by atoms with van der Waals surface area (Å²) >= 11 is 1.16. The van der Waals surface area contributed by atoms with Gasteiger partial charge in [-0.2, -0.15) is 0 Å². The molecule has 78 valence electrons. The van der Waals surface area contributed by atoms with Crippen molar-refractivity contribution in [2.45, 2.75) is 6.54 Å². The topological polar surface area (TPSA) is 61.2 Å². The molecular weight excluding hydrogens is 216 g/mol. The maximum absolute atomic E-state index is 11.7. The van der Waals surface area contributed by atoms with Crippen molar-refractivity contribution in [1.29, 1.82) is 0 Å². The lowest BCUT2D eigenvalue weighted by Crippen LogP contribution is -2.19. The van der Waals surface area contributed by atoms with Crippen molar-refractivity contribution in [1.82, 2.24) is 8.94 Å². The second-order valence-corrected chi connectivity index (χ2v) is 3.88. The fourth-order valence-corrected chi connectivity index (χ4v) is 2.11. The van der Waals surface area contributed by atoms with E-state index in [4.69, 9.17) is 0 Å². The fraction of sp³-hybridized carbons (Fsp3) is 0.222. The van der Waals surface area contributed by atoms with Crippen molar-refractivity contribution in [3.8, 4) is 0 Å². The first kappa shape index (κ1) is 9.85. The fourth-order valence-electron chi connectivity index (χ4n) is 1.19. The quantitative estimate of drug-likeness (QED) is 0.702. The largest absolute Gasteiger partial charge is 0.468 e. The Kier molecular flexibility index (Phi) is 2.51. The first-order valence-corrected chi connectivity index (χ1v) is 5.01. The molecule has 0 bridgehead atoms. The number of fused-ring (bicyclic) bond motifs is 1. The zero-order valence-electron chi connectivity index (χ0n) is 7.97. The van der Waals surface area contributed by atoms with Gasteiger partial charge in [0.25, 0.3) is 5.56 Å². The van der Waals surface area contributed by atoms with Crippen LogP contribution < -0.4 is 5.56 Å². The van der Waals surface area contributed by atoms with E-state index >= 15 is 0 Å². The molecule has 0 atom stereocenters. The first-order valence-electron chi connectivity index (χ1n) is 4.24. The Hall–Kier alpha value is -1.69. The number of rotatable bonds is 2. The Morgan fingerprint density at radius 2 is 2.47 bits per heavy atom. The molecule has 0 saturated carbocycles. The Balaban J connectivity index is 2.49. The average molecular weight is 224 g/mol. The highest BCUT2D eigenvalue weighted by molar-refractivity contribution is 7.13. The smallest absolute Gasteiger partial charge is 0.326 e. The molecule has 6 heteroatoms. The third kappa shape index (κ3) is 1.75. The first-order chi connectivity index (χ1) is 7.22. The van der Waals surface area contributed by atoms with Crippen LogP contribution in [-0.2, 0) is 16.1 Å². The molecule has 0 aliphatic rings. The van der Waals surface area contributed by atoms with Crippen LogP contribution in [-0.4, -0.2) is 22.0 Å². The van der Waals surface area contributed by atoms with Crippen LogP contribution in [0.5, 0.6) is 0 Å². The summed E-state index contributed by atoms with van der Waals surface area (Å²) in [4.78, 5) is 27.4. The zero-order valence-corrected chi connectivity index (χ0v) is 8.78. The number of hydrogen-bond donors (Lipinski definition) is 0. The second kappa shape index (κ2) is 3.82. The lowest BCUT2D eigenvalue weighted by atomic mass is 10.4. The molecule has 0 fully saturated rings. The van der Waals surface area contributed by atoms with Gasteiger partial charge in [-0.1, -0.05) is 0 Å². The van der Waals surface area contributed by atoms with Gasteiger partial charge in [-0.15, -0.1) is 0 Å². The molecule has 0 amide bonds. The molecule has 0 radical (unpaired) electrons. The van der Waals surface area contributed by atoms with Crippen molar-refractivity contribution in [3.63, 3.8) is 0 Å². The van der Waals surface area contributed by atoms with Crippen molar-refractivity contribution in [3.05, 3.63) is 28.7 Å². The van der Waals surface area contributed by atoms with Crippen LogP contribution in [0.4, 0.5) is 0 Å². The molecule has 0 N–H and O–H groups in total. The number of methoxy groups -OCH3 is 1. The molecule has 5 nitrogen and oxygen atoms in total. The number of aromatic nitrogens is 2. The minimum absolute atomic E-state index is 0.0592. The summed E-state index contributed by atoms with van der Waals surface area (Å²) in [6.07, 6.45) is 1.61. The van der Waals surface area contributed by atoms with Crippen LogP contribution in [0, 0.1) is 0 Å². The lowest BCUT2D eigenvalue weighted by Gasteiger charge is -1.96. The van der Waals surface area contributed by atoms with Gasteiger partial charge in [-0.3, -0.25) is 13.5 Å². The van der Waals surface area contributed by atoms with E-state index in [1.165, 1.54) is 11.1 Å². The van der Waals surface area contributed by atoms with Gasteiger partial charge in [-0.25, -0.2) is 4.98 Å². The molecule has 2 rings (SSSR count). The average Bonchev–Trinajstić information content (AvgIpc) is 2.57. The number of ether oxygens (including phenoxy) is 1. The Morgan fingerprint density at radius 3 is 3.13 bits per heavy atom. The van der Waals surface area contributed by atoms with Gasteiger partial charge in [0.1, 0.15) is 11.4 Å². The number of carbonyl (C=O) groups is 1. The molecule has 0 spiro atoms. The van der Waals surface area contributed by atoms with E-state index in [1.807, 2.05) is 0 Å². The van der Waals surface area contributed by atoms with Gasteiger partial charge in [0.2, 0.25) is 0 Å². The van der Waals surface area contributed by atoms with E-state index < -0.39 is 5.97 Å². The molecule has 0 aliphatic carbocycles. The molecule has 2 aromatic heterocycles. The third-order valence-electron chi connectivity index (χ3n) is 1.93. The molecule has 2 heterocycles. The maximum Gasteiger partial charge on any atom is 0.326 e. The van der Waals surface area contributed by atoms with Crippen LogP contribution >= 0.6 is 11.5 Å². The Labute approximate surface area is 89.1 Å². The van der Waals surface area contributed by atoms with Gasteiger partial charge in [-0.05, 0) is 23.7 Å². The second-order valence-electron chi connectivity index (χ2n) is 2.87. The standard InChI is InChI=1S/C9H8N2O3S/c1-14-7(12)5-11-9(13)6-3-2-4-10-8(6)15-11/h2-4H,5H2,1H3. The highest BCUT2D eigenvalue weighted by Crippen LogP contribution is 2.12. The van der Waals surface area contributed by atoms with Crippen molar-refractivity contribution in [2.75, 3.05) is 7.11 Å². The van der Waals surface area contributed by atoms with Crippen molar-refractivity contribution >= 4 is 27.7 Å². The summed E-state index contributed by atoms with van der Waals surface area (Å²) in [5.41, 5.74) is -0.200. The third-order valence-corrected chi connectivity index (χ3v) is 2.94. The predicted molar refractivity (Wildman–Crippen MR) is 55.9 cm³/mol. The van der Waals surface area contributed by atoms with Crippen LogP contribution in [0.2, 0.25) is 0 Å². The summed E-state index contributed by atoms with van der Waals surface area (Å²) in [5, 5.41) is 0.534.